The van der Waals surface area contributed by atoms with Crippen molar-refractivity contribution in [3.05, 3.63) is 84.7 Å². The van der Waals surface area contributed by atoms with Crippen LogP contribution in [0.4, 0.5) is 5.69 Å². The maximum Gasteiger partial charge on any atom is 0.0922 e. The number of hydrogen-bond acceptors (Lipinski definition) is 3. The fourth-order valence-electron chi connectivity index (χ4n) is 2.74. The Balaban J connectivity index is 1.71. The maximum absolute atomic E-state index is 4.35. The van der Waals surface area contributed by atoms with Gasteiger partial charge in [-0.05, 0) is 23.3 Å². The van der Waals surface area contributed by atoms with Gasteiger partial charge in [0.05, 0.1) is 18.6 Å². The quantitative estimate of drug-likeness (QED) is 0.795. The second-order valence-corrected chi connectivity index (χ2v) is 5.42. The summed E-state index contributed by atoms with van der Waals surface area (Å²) in [5.74, 6) is 0. The first kappa shape index (κ1) is 13.5. The number of benzene rings is 2. The van der Waals surface area contributed by atoms with Gasteiger partial charge in [0.25, 0.3) is 0 Å². The first-order valence-electron chi connectivity index (χ1n) is 7.53. The molecule has 23 heavy (non-hydrogen) atoms. The number of aromatic amines is 1. The van der Waals surface area contributed by atoms with Crippen LogP contribution in [0.25, 0.3) is 11.1 Å². The first-order chi connectivity index (χ1) is 11.4. The number of nitrogens with one attached hydrogen (secondary N) is 1. The normalized spacial score (nSPS) is 13.0. The second-order valence-electron chi connectivity index (χ2n) is 5.42. The van der Waals surface area contributed by atoms with Crippen molar-refractivity contribution in [1.82, 2.24) is 9.97 Å². The molecular formula is C19H16N4. The van der Waals surface area contributed by atoms with Crippen LogP contribution in [0.3, 0.4) is 0 Å². The summed E-state index contributed by atoms with van der Waals surface area (Å²) < 4.78 is 0. The van der Waals surface area contributed by atoms with Crippen molar-refractivity contribution in [1.29, 1.82) is 0 Å². The van der Waals surface area contributed by atoms with E-state index >= 15 is 0 Å². The van der Waals surface area contributed by atoms with E-state index in [-0.39, 0.29) is 0 Å². The molecule has 2 heterocycles. The van der Waals surface area contributed by atoms with E-state index in [0.29, 0.717) is 0 Å². The summed E-state index contributed by atoms with van der Waals surface area (Å²) in [6, 6.07) is 16.9. The van der Waals surface area contributed by atoms with Gasteiger partial charge in [-0.15, -0.1) is 0 Å². The Bertz CT molecular complexity index is 848. The standard InChI is InChI=1S/C19H16N4/c1-2-4-15(5-3-1)16-6-7-19-17(10-16)11-20-8-9-23(19)13-18-12-21-14-22-18/h1-12,14H,13H2,(H,21,22). The third-order valence-electron chi connectivity index (χ3n) is 3.89. The minimum absolute atomic E-state index is 0.734. The number of nitrogens with zero attached hydrogens (tertiary/aromatic N) is 3. The monoisotopic (exact) mass is 300 g/mol. The molecule has 4 rings (SSSR count). The minimum atomic E-state index is 0.734. The Morgan fingerprint density at radius 3 is 2.74 bits per heavy atom. The van der Waals surface area contributed by atoms with Crippen LogP contribution in [0.1, 0.15) is 11.3 Å². The van der Waals surface area contributed by atoms with Gasteiger partial charge < -0.3 is 9.88 Å². The van der Waals surface area contributed by atoms with Crippen molar-refractivity contribution < 1.29 is 0 Å². The van der Waals surface area contributed by atoms with Crippen molar-refractivity contribution in [2.45, 2.75) is 6.54 Å². The highest BCUT2D eigenvalue weighted by Crippen LogP contribution is 2.28. The number of rotatable bonds is 3. The lowest BCUT2D eigenvalue weighted by molar-refractivity contribution is 0.931. The summed E-state index contributed by atoms with van der Waals surface area (Å²) in [5.41, 5.74) is 5.71. The van der Waals surface area contributed by atoms with E-state index in [0.717, 1.165) is 23.5 Å². The van der Waals surface area contributed by atoms with Crippen LogP contribution in [0.5, 0.6) is 0 Å². The number of imidazole rings is 1. The number of aromatic nitrogens is 2. The van der Waals surface area contributed by atoms with Gasteiger partial charge in [0.15, 0.2) is 0 Å². The van der Waals surface area contributed by atoms with Gasteiger partial charge in [-0.3, -0.25) is 4.99 Å². The van der Waals surface area contributed by atoms with Gasteiger partial charge in [-0.2, -0.15) is 0 Å². The van der Waals surface area contributed by atoms with Gasteiger partial charge in [0.1, 0.15) is 0 Å². The predicted octanol–water partition coefficient (Wildman–Crippen LogP) is 3.99. The first-order valence-corrected chi connectivity index (χ1v) is 7.53. The molecule has 0 aliphatic carbocycles. The molecule has 0 bridgehead atoms. The lowest BCUT2D eigenvalue weighted by Crippen LogP contribution is -2.16. The third-order valence-corrected chi connectivity index (χ3v) is 3.89. The van der Waals surface area contributed by atoms with Crippen LogP contribution in [-0.2, 0) is 6.54 Å². The number of aliphatic imine (C=N–C) groups is 1. The third kappa shape index (κ3) is 2.79. The lowest BCUT2D eigenvalue weighted by atomic mass is 10.0. The zero-order valence-electron chi connectivity index (χ0n) is 12.6. The summed E-state index contributed by atoms with van der Waals surface area (Å²) in [4.78, 5) is 13.8. The molecule has 0 saturated heterocycles. The van der Waals surface area contributed by atoms with Crippen LogP contribution in [0.2, 0.25) is 0 Å². The molecule has 112 valence electrons. The molecule has 4 heteroatoms. The average Bonchev–Trinajstić information content (AvgIpc) is 3.03. The van der Waals surface area contributed by atoms with Crippen LogP contribution in [-0.4, -0.2) is 16.2 Å². The van der Waals surface area contributed by atoms with Crippen molar-refractivity contribution in [3.8, 4) is 11.1 Å². The summed E-state index contributed by atoms with van der Waals surface area (Å²) >= 11 is 0. The zero-order valence-corrected chi connectivity index (χ0v) is 12.6. The van der Waals surface area contributed by atoms with Crippen LogP contribution >= 0.6 is 0 Å². The maximum atomic E-state index is 4.35. The number of anilines is 1. The molecule has 3 aromatic rings. The Morgan fingerprint density at radius 2 is 1.91 bits per heavy atom. The smallest absolute Gasteiger partial charge is 0.0922 e. The molecule has 1 N–H and O–H groups in total. The van der Waals surface area contributed by atoms with Gasteiger partial charge in [0.2, 0.25) is 0 Å². The number of H-pyrrole nitrogens is 1. The molecule has 0 radical (unpaired) electrons. The highest BCUT2D eigenvalue weighted by molar-refractivity contribution is 5.91. The second kappa shape index (κ2) is 5.93. The molecule has 1 aromatic heterocycles. The van der Waals surface area contributed by atoms with E-state index in [1.54, 1.807) is 6.33 Å². The van der Waals surface area contributed by atoms with E-state index in [1.807, 2.05) is 30.9 Å². The molecule has 0 saturated carbocycles. The van der Waals surface area contributed by atoms with Crippen LogP contribution < -0.4 is 4.90 Å². The van der Waals surface area contributed by atoms with Gasteiger partial charge in [0, 0.05) is 36.1 Å². The van der Waals surface area contributed by atoms with Crippen molar-refractivity contribution in [3.63, 3.8) is 0 Å². The predicted molar refractivity (Wildman–Crippen MR) is 93.4 cm³/mol. The topological polar surface area (TPSA) is 44.3 Å². The molecule has 2 aromatic carbocycles. The number of hydrogen-bond donors (Lipinski definition) is 1. The fourth-order valence-corrected chi connectivity index (χ4v) is 2.74. The molecule has 0 amide bonds. The molecule has 4 nitrogen and oxygen atoms in total. The summed E-state index contributed by atoms with van der Waals surface area (Å²) in [6.45, 7) is 0.734. The fraction of sp³-hybridized carbons (Fsp3) is 0.0526. The molecule has 0 spiro atoms. The molecule has 0 fully saturated rings. The van der Waals surface area contributed by atoms with Crippen LogP contribution in [0, 0.1) is 0 Å². The average molecular weight is 300 g/mol. The molecule has 1 aliphatic rings. The molecule has 1 aliphatic heterocycles. The zero-order chi connectivity index (χ0) is 15.5. The summed E-state index contributed by atoms with van der Waals surface area (Å²) in [5, 5.41) is 0. The Labute approximate surface area is 134 Å². The summed E-state index contributed by atoms with van der Waals surface area (Å²) in [7, 11) is 0. The van der Waals surface area contributed by atoms with Gasteiger partial charge in [-0.1, -0.05) is 36.4 Å². The van der Waals surface area contributed by atoms with Crippen molar-refractivity contribution in [2.24, 2.45) is 4.99 Å². The van der Waals surface area contributed by atoms with E-state index in [2.05, 4.69) is 62.3 Å². The van der Waals surface area contributed by atoms with Crippen molar-refractivity contribution >= 4 is 11.9 Å². The Hall–Kier alpha value is -3.14. The summed E-state index contributed by atoms with van der Waals surface area (Å²) in [6.07, 6.45) is 9.26. The number of fused-ring (bicyclic) bond motifs is 1. The van der Waals surface area contributed by atoms with E-state index in [4.69, 9.17) is 0 Å². The molecule has 0 unspecified atom stereocenters. The van der Waals surface area contributed by atoms with E-state index in [1.165, 1.54) is 11.1 Å². The largest absolute Gasteiger partial charge is 0.347 e. The highest BCUT2D eigenvalue weighted by atomic mass is 15.1. The van der Waals surface area contributed by atoms with Gasteiger partial charge in [-0.25, -0.2) is 4.98 Å². The lowest BCUT2D eigenvalue weighted by Gasteiger charge is -2.21. The van der Waals surface area contributed by atoms with Crippen LogP contribution in [0.15, 0.2) is 78.4 Å². The molecule has 0 atom stereocenters. The molecular weight excluding hydrogens is 284 g/mol. The van der Waals surface area contributed by atoms with E-state index < -0.39 is 0 Å². The van der Waals surface area contributed by atoms with Crippen molar-refractivity contribution in [2.75, 3.05) is 4.90 Å². The Kier molecular flexibility index (Phi) is 3.48. The minimum Gasteiger partial charge on any atom is -0.347 e. The van der Waals surface area contributed by atoms with Gasteiger partial charge >= 0.3 is 0 Å². The highest BCUT2D eigenvalue weighted by Gasteiger charge is 2.12. The van der Waals surface area contributed by atoms with E-state index in [9.17, 15) is 0 Å². The SMILES string of the molecule is C1=CN(Cc2cnc[nH]2)c2ccc(-c3ccccc3)cc2C=N1. The Morgan fingerprint density at radius 1 is 1.00 bits per heavy atom.